The monoisotopic (exact) mass is 282 g/mol. The molecule has 0 radical (unpaired) electrons. The molecule has 0 N–H and O–H groups in total. The number of hydrogen-bond acceptors (Lipinski definition) is 2. The van der Waals surface area contributed by atoms with E-state index in [-0.39, 0.29) is 0 Å². The van der Waals surface area contributed by atoms with Crippen molar-refractivity contribution < 1.29 is 9.47 Å². The van der Waals surface area contributed by atoms with E-state index >= 15 is 0 Å². The van der Waals surface area contributed by atoms with Crippen molar-refractivity contribution in [1.82, 2.24) is 0 Å². The fourth-order valence-electron chi connectivity index (χ4n) is 2.76. The summed E-state index contributed by atoms with van der Waals surface area (Å²) in [5.41, 5.74) is 1.29. The summed E-state index contributed by atoms with van der Waals surface area (Å²) in [6, 6.07) is 8.24. The molecule has 1 aromatic rings. The summed E-state index contributed by atoms with van der Waals surface area (Å²) in [6.07, 6.45) is 5.22. The summed E-state index contributed by atoms with van der Waals surface area (Å²) >= 11 is 6.12. The molecule has 1 aromatic carbocycles. The van der Waals surface area contributed by atoms with Gasteiger partial charge >= 0.3 is 0 Å². The van der Waals surface area contributed by atoms with Crippen molar-refractivity contribution in [3.8, 4) is 5.75 Å². The molecular weight excluding hydrogens is 260 g/mol. The van der Waals surface area contributed by atoms with Crippen LogP contribution in [0, 0.1) is 5.92 Å². The lowest BCUT2D eigenvalue weighted by Crippen LogP contribution is -2.17. The van der Waals surface area contributed by atoms with Crippen LogP contribution in [0.25, 0.3) is 0 Å². The molecule has 1 aliphatic heterocycles. The Hall–Kier alpha value is -0.730. The Morgan fingerprint density at radius 3 is 2.89 bits per heavy atom. The fourth-order valence-corrected chi connectivity index (χ4v) is 3.00. The van der Waals surface area contributed by atoms with Gasteiger partial charge in [-0.2, -0.15) is 0 Å². The van der Waals surface area contributed by atoms with Crippen LogP contribution >= 0.6 is 11.6 Å². The van der Waals surface area contributed by atoms with Crippen LogP contribution in [0.1, 0.15) is 31.7 Å². The van der Waals surface area contributed by atoms with Gasteiger partial charge in [0.15, 0.2) is 0 Å². The lowest BCUT2D eigenvalue weighted by atomic mass is 9.94. The van der Waals surface area contributed by atoms with Gasteiger partial charge in [-0.05, 0) is 56.2 Å². The van der Waals surface area contributed by atoms with Crippen molar-refractivity contribution in [2.45, 2.75) is 44.8 Å². The van der Waals surface area contributed by atoms with Crippen LogP contribution < -0.4 is 4.74 Å². The Balaban J connectivity index is 1.90. The molecule has 2 rings (SSSR count). The van der Waals surface area contributed by atoms with Crippen LogP contribution in [0.15, 0.2) is 24.3 Å². The second-order valence-electron chi connectivity index (χ2n) is 5.46. The number of alkyl halides is 1. The maximum Gasteiger partial charge on any atom is 0.119 e. The molecule has 1 heterocycles. The molecule has 3 atom stereocenters. The number of methoxy groups -OCH3 is 1. The number of hydrogen-bond donors (Lipinski definition) is 0. The van der Waals surface area contributed by atoms with E-state index in [9.17, 15) is 0 Å². The standard InChI is InChI=1S/C16H23ClO2/c1-12-6-7-16(19-12)10-14(11-17)8-13-4-3-5-15(9-13)18-2/h3-5,9,12,14,16H,6-8,10-11H2,1-2H3. The Morgan fingerprint density at radius 1 is 1.42 bits per heavy atom. The summed E-state index contributed by atoms with van der Waals surface area (Å²) in [6.45, 7) is 2.15. The SMILES string of the molecule is COc1cccc(CC(CCl)CC2CCC(C)O2)c1. The second-order valence-corrected chi connectivity index (χ2v) is 5.77. The molecule has 0 spiro atoms. The molecule has 19 heavy (non-hydrogen) atoms. The molecule has 3 unspecified atom stereocenters. The average molecular weight is 283 g/mol. The van der Waals surface area contributed by atoms with Crippen LogP contribution in [0.5, 0.6) is 5.75 Å². The summed E-state index contributed by atoms with van der Waals surface area (Å²) in [5, 5.41) is 0. The van der Waals surface area contributed by atoms with Crippen LogP contribution in [-0.2, 0) is 11.2 Å². The zero-order chi connectivity index (χ0) is 13.7. The van der Waals surface area contributed by atoms with Gasteiger partial charge in [-0.25, -0.2) is 0 Å². The highest BCUT2D eigenvalue weighted by Crippen LogP contribution is 2.27. The second kappa shape index (κ2) is 7.16. The van der Waals surface area contributed by atoms with Gasteiger partial charge in [0.1, 0.15) is 5.75 Å². The Labute approximate surface area is 121 Å². The minimum atomic E-state index is 0.393. The molecule has 1 saturated heterocycles. The first-order valence-corrected chi connectivity index (χ1v) is 7.59. The Bertz CT molecular complexity index is 394. The van der Waals surface area contributed by atoms with Gasteiger partial charge in [0.25, 0.3) is 0 Å². The first kappa shape index (κ1) is 14.7. The van der Waals surface area contributed by atoms with Crippen LogP contribution in [0.3, 0.4) is 0 Å². The van der Waals surface area contributed by atoms with Gasteiger partial charge in [-0.15, -0.1) is 11.6 Å². The van der Waals surface area contributed by atoms with Crippen molar-refractivity contribution >= 4 is 11.6 Å². The minimum absolute atomic E-state index is 0.393. The predicted molar refractivity (Wildman–Crippen MR) is 79.1 cm³/mol. The van der Waals surface area contributed by atoms with Gasteiger partial charge < -0.3 is 9.47 Å². The summed E-state index contributed by atoms with van der Waals surface area (Å²) < 4.78 is 11.2. The highest BCUT2D eigenvalue weighted by atomic mass is 35.5. The lowest BCUT2D eigenvalue weighted by molar-refractivity contribution is 0.0426. The number of benzene rings is 1. The fraction of sp³-hybridized carbons (Fsp3) is 0.625. The normalized spacial score (nSPS) is 24.4. The van der Waals surface area contributed by atoms with Crippen LogP contribution in [-0.4, -0.2) is 25.2 Å². The molecule has 0 aromatic heterocycles. The number of halogens is 1. The lowest BCUT2D eigenvalue weighted by Gasteiger charge is -2.19. The predicted octanol–water partition coefficient (Wildman–Crippen LogP) is 4.05. The molecule has 3 heteroatoms. The van der Waals surface area contributed by atoms with Crippen molar-refractivity contribution in [3.63, 3.8) is 0 Å². The molecule has 2 nitrogen and oxygen atoms in total. The van der Waals surface area contributed by atoms with Crippen LogP contribution in [0.4, 0.5) is 0 Å². The van der Waals surface area contributed by atoms with Gasteiger partial charge in [-0.3, -0.25) is 0 Å². The Kier molecular flexibility index (Phi) is 5.53. The highest BCUT2D eigenvalue weighted by Gasteiger charge is 2.24. The van der Waals surface area contributed by atoms with Gasteiger partial charge in [0.05, 0.1) is 19.3 Å². The van der Waals surface area contributed by atoms with E-state index in [0.29, 0.717) is 24.0 Å². The third-order valence-corrected chi connectivity index (χ3v) is 4.23. The van der Waals surface area contributed by atoms with E-state index < -0.39 is 0 Å². The zero-order valence-corrected chi connectivity index (χ0v) is 12.5. The molecular formula is C16H23ClO2. The number of ether oxygens (including phenoxy) is 2. The van der Waals surface area contributed by atoms with Gasteiger partial charge in [0, 0.05) is 5.88 Å². The van der Waals surface area contributed by atoms with Gasteiger partial charge in [-0.1, -0.05) is 12.1 Å². The van der Waals surface area contributed by atoms with Crippen molar-refractivity contribution in [3.05, 3.63) is 29.8 Å². The molecule has 0 saturated carbocycles. The molecule has 0 amide bonds. The van der Waals surface area contributed by atoms with E-state index in [1.807, 2.05) is 12.1 Å². The number of rotatable bonds is 6. The van der Waals surface area contributed by atoms with E-state index in [2.05, 4.69) is 19.1 Å². The molecule has 106 valence electrons. The maximum absolute atomic E-state index is 6.12. The van der Waals surface area contributed by atoms with Crippen molar-refractivity contribution in [1.29, 1.82) is 0 Å². The molecule has 0 aliphatic carbocycles. The van der Waals surface area contributed by atoms with Crippen molar-refractivity contribution in [2.24, 2.45) is 5.92 Å². The summed E-state index contributed by atoms with van der Waals surface area (Å²) in [5.74, 6) is 2.08. The van der Waals surface area contributed by atoms with E-state index in [0.717, 1.165) is 18.6 Å². The Morgan fingerprint density at radius 2 is 2.26 bits per heavy atom. The first-order chi connectivity index (χ1) is 9.21. The minimum Gasteiger partial charge on any atom is -0.497 e. The molecule has 0 bridgehead atoms. The maximum atomic E-state index is 6.12. The molecule has 1 aliphatic rings. The van der Waals surface area contributed by atoms with Crippen molar-refractivity contribution in [2.75, 3.05) is 13.0 Å². The zero-order valence-electron chi connectivity index (χ0n) is 11.8. The largest absolute Gasteiger partial charge is 0.497 e. The topological polar surface area (TPSA) is 18.5 Å². The first-order valence-electron chi connectivity index (χ1n) is 7.05. The van der Waals surface area contributed by atoms with Crippen LogP contribution in [0.2, 0.25) is 0 Å². The summed E-state index contributed by atoms with van der Waals surface area (Å²) in [4.78, 5) is 0. The smallest absolute Gasteiger partial charge is 0.119 e. The van der Waals surface area contributed by atoms with E-state index in [1.54, 1.807) is 7.11 Å². The third kappa shape index (κ3) is 4.39. The molecule has 1 fully saturated rings. The highest BCUT2D eigenvalue weighted by molar-refractivity contribution is 6.18. The van der Waals surface area contributed by atoms with E-state index in [4.69, 9.17) is 21.1 Å². The van der Waals surface area contributed by atoms with Gasteiger partial charge in [0.2, 0.25) is 0 Å². The summed E-state index contributed by atoms with van der Waals surface area (Å²) in [7, 11) is 1.70. The third-order valence-electron chi connectivity index (χ3n) is 3.79. The average Bonchev–Trinajstić information content (AvgIpc) is 2.83. The quantitative estimate of drug-likeness (QED) is 0.733. The van der Waals surface area contributed by atoms with E-state index in [1.165, 1.54) is 18.4 Å².